The third-order valence-corrected chi connectivity index (χ3v) is 2.33. The van der Waals surface area contributed by atoms with E-state index < -0.39 is 5.60 Å². The first-order valence-corrected chi connectivity index (χ1v) is 4.89. The molecule has 0 spiro atoms. The maximum atomic E-state index is 11.9. The fourth-order valence-corrected chi connectivity index (χ4v) is 1.33. The number of nitriles is 1. The van der Waals surface area contributed by atoms with Crippen LogP contribution in [0, 0.1) is 11.3 Å². The normalized spacial score (nSPS) is 14.3. The van der Waals surface area contributed by atoms with E-state index in [1.807, 2.05) is 18.2 Å². The minimum absolute atomic E-state index is 0.322. The Bertz CT molecular complexity index is 351. The predicted molar refractivity (Wildman–Crippen MR) is 55.9 cm³/mol. The summed E-state index contributed by atoms with van der Waals surface area (Å²) in [5.74, 6) is 0. The number of nitrogens with zero attached hydrogens (tertiary/aromatic N) is 1. The molecule has 1 aromatic carbocycles. The van der Waals surface area contributed by atoms with Crippen molar-refractivity contribution >= 4 is 0 Å². The molecule has 2 nitrogen and oxygen atoms in total. The zero-order chi connectivity index (χ0) is 11.3. The third-order valence-electron chi connectivity index (χ3n) is 2.33. The molecular formula is C12H14FNO. The summed E-state index contributed by atoms with van der Waals surface area (Å²) in [5.41, 5.74) is 0.137. The van der Waals surface area contributed by atoms with Gasteiger partial charge in [0.15, 0.2) is 5.60 Å². The average molecular weight is 207 g/mol. The predicted octanol–water partition coefficient (Wildman–Crippen LogP) is 2.32. The SMILES string of the molecule is CC(O)(C#N)c1ccc(CCCF)cc1. The Morgan fingerprint density at radius 3 is 2.47 bits per heavy atom. The number of benzene rings is 1. The number of halogens is 1. The highest BCUT2D eigenvalue weighted by Crippen LogP contribution is 2.20. The Hall–Kier alpha value is -1.40. The highest BCUT2D eigenvalue weighted by atomic mass is 19.1. The fraction of sp³-hybridized carbons (Fsp3) is 0.417. The molecule has 15 heavy (non-hydrogen) atoms. The Morgan fingerprint density at radius 1 is 1.40 bits per heavy atom. The van der Waals surface area contributed by atoms with Gasteiger partial charge < -0.3 is 5.11 Å². The molecule has 1 N–H and O–H groups in total. The van der Waals surface area contributed by atoms with Crippen molar-refractivity contribution in [2.45, 2.75) is 25.4 Å². The van der Waals surface area contributed by atoms with Crippen LogP contribution in [0.2, 0.25) is 0 Å². The molecule has 0 saturated carbocycles. The topological polar surface area (TPSA) is 44.0 Å². The Morgan fingerprint density at radius 2 is 2.00 bits per heavy atom. The second-order valence-corrected chi connectivity index (χ2v) is 3.67. The lowest BCUT2D eigenvalue weighted by atomic mass is 9.96. The van der Waals surface area contributed by atoms with Gasteiger partial charge in [0.2, 0.25) is 0 Å². The smallest absolute Gasteiger partial charge is 0.173 e. The molecule has 0 aliphatic carbocycles. The number of hydrogen-bond acceptors (Lipinski definition) is 2. The number of alkyl halides is 1. The van der Waals surface area contributed by atoms with Crippen molar-refractivity contribution in [1.82, 2.24) is 0 Å². The van der Waals surface area contributed by atoms with E-state index in [9.17, 15) is 9.50 Å². The zero-order valence-corrected chi connectivity index (χ0v) is 8.70. The summed E-state index contributed by atoms with van der Waals surface area (Å²) < 4.78 is 11.9. The molecule has 0 aliphatic rings. The van der Waals surface area contributed by atoms with Crippen molar-refractivity contribution in [1.29, 1.82) is 5.26 Å². The standard InChI is InChI=1S/C12H14FNO/c1-12(15,9-14)11-6-4-10(5-7-11)3-2-8-13/h4-7,15H,2-3,8H2,1H3. The molecule has 0 radical (unpaired) electrons. The average Bonchev–Trinajstić information content (AvgIpc) is 2.27. The van der Waals surface area contributed by atoms with E-state index >= 15 is 0 Å². The summed E-state index contributed by atoms with van der Waals surface area (Å²) in [5, 5.41) is 18.3. The maximum Gasteiger partial charge on any atom is 0.173 e. The number of rotatable bonds is 4. The first-order valence-electron chi connectivity index (χ1n) is 4.89. The van der Waals surface area contributed by atoms with Crippen molar-refractivity contribution in [3.05, 3.63) is 35.4 Å². The van der Waals surface area contributed by atoms with Crippen LogP contribution in [0.5, 0.6) is 0 Å². The van der Waals surface area contributed by atoms with E-state index in [1.54, 1.807) is 12.1 Å². The molecule has 0 aliphatic heterocycles. The van der Waals surface area contributed by atoms with E-state index in [-0.39, 0.29) is 6.67 Å². The van der Waals surface area contributed by atoms with Crippen LogP contribution in [-0.4, -0.2) is 11.8 Å². The van der Waals surface area contributed by atoms with Crippen LogP contribution in [0.1, 0.15) is 24.5 Å². The van der Waals surface area contributed by atoms with Gasteiger partial charge in [0.05, 0.1) is 6.67 Å². The van der Waals surface area contributed by atoms with Crippen molar-refractivity contribution in [2.75, 3.05) is 6.67 Å². The Labute approximate surface area is 89.0 Å². The van der Waals surface area contributed by atoms with Gasteiger partial charge in [-0.15, -0.1) is 0 Å². The summed E-state index contributed by atoms with van der Waals surface area (Å²) in [4.78, 5) is 0. The molecule has 1 rings (SSSR count). The van der Waals surface area contributed by atoms with E-state index in [1.165, 1.54) is 6.92 Å². The molecule has 0 amide bonds. The fourth-order valence-electron chi connectivity index (χ4n) is 1.33. The van der Waals surface area contributed by atoms with Crippen LogP contribution in [0.25, 0.3) is 0 Å². The molecule has 0 fully saturated rings. The summed E-state index contributed by atoms with van der Waals surface area (Å²) >= 11 is 0. The molecule has 0 heterocycles. The second kappa shape index (κ2) is 4.90. The van der Waals surface area contributed by atoms with Crippen molar-refractivity contribution < 1.29 is 9.50 Å². The van der Waals surface area contributed by atoms with Gasteiger partial charge in [-0.2, -0.15) is 5.26 Å². The minimum Gasteiger partial charge on any atom is -0.372 e. The van der Waals surface area contributed by atoms with Crippen LogP contribution < -0.4 is 0 Å². The molecule has 0 bridgehead atoms. The van der Waals surface area contributed by atoms with E-state index in [2.05, 4.69) is 0 Å². The Kier molecular flexibility index (Phi) is 3.81. The van der Waals surface area contributed by atoms with Gasteiger partial charge >= 0.3 is 0 Å². The lowest BCUT2D eigenvalue weighted by molar-refractivity contribution is 0.119. The van der Waals surface area contributed by atoms with Crippen molar-refractivity contribution in [3.8, 4) is 6.07 Å². The largest absolute Gasteiger partial charge is 0.372 e. The highest BCUT2D eigenvalue weighted by Gasteiger charge is 2.21. The third kappa shape index (κ3) is 3.03. The van der Waals surface area contributed by atoms with Crippen LogP contribution >= 0.6 is 0 Å². The van der Waals surface area contributed by atoms with Crippen molar-refractivity contribution in [2.24, 2.45) is 0 Å². The minimum atomic E-state index is -1.45. The lowest BCUT2D eigenvalue weighted by Crippen LogP contribution is -2.17. The van der Waals surface area contributed by atoms with Crippen LogP contribution in [0.3, 0.4) is 0 Å². The number of aliphatic hydroxyl groups is 1. The number of aryl methyl sites for hydroxylation is 1. The summed E-state index contributed by atoms with van der Waals surface area (Å²) in [6, 6.07) is 8.86. The lowest BCUT2D eigenvalue weighted by Gasteiger charge is -2.14. The Balaban J connectivity index is 2.77. The molecule has 80 valence electrons. The monoisotopic (exact) mass is 207 g/mol. The van der Waals surface area contributed by atoms with Gasteiger partial charge in [-0.25, -0.2) is 0 Å². The molecule has 1 unspecified atom stereocenters. The second-order valence-electron chi connectivity index (χ2n) is 3.67. The summed E-state index contributed by atoms with van der Waals surface area (Å²) in [6.07, 6.45) is 1.19. The zero-order valence-electron chi connectivity index (χ0n) is 8.70. The van der Waals surface area contributed by atoms with Crippen LogP contribution in [-0.2, 0) is 12.0 Å². The molecule has 0 aromatic heterocycles. The molecule has 1 atom stereocenters. The maximum absolute atomic E-state index is 11.9. The van der Waals surface area contributed by atoms with Gasteiger partial charge in [0, 0.05) is 0 Å². The van der Waals surface area contributed by atoms with Crippen LogP contribution in [0.4, 0.5) is 4.39 Å². The molecular weight excluding hydrogens is 193 g/mol. The van der Waals surface area contributed by atoms with Crippen LogP contribution in [0.15, 0.2) is 24.3 Å². The molecule has 3 heteroatoms. The number of hydrogen-bond donors (Lipinski definition) is 1. The highest BCUT2D eigenvalue weighted by molar-refractivity contribution is 5.30. The summed E-state index contributed by atoms with van der Waals surface area (Å²) in [7, 11) is 0. The van der Waals surface area contributed by atoms with E-state index in [0.29, 0.717) is 18.4 Å². The first-order chi connectivity index (χ1) is 7.10. The van der Waals surface area contributed by atoms with E-state index in [4.69, 9.17) is 5.26 Å². The van der Waals surface area contributed by atoms with Crippen molar-refractivity contribution in [3.63, 3.8) is 0 Å². The van der Waals surface area contributed by atoms with Gasteiger partial charge in [-0.3, -0.25) is 4.39 Å². The van der Waals surface area contributed by atoms with Gasteiger partial charge in [0.25, 0.3) is 0 Å². The molecule has 1 aromatic rings. The van der Waals surface area contributed by atoms with Gasteiger partial charge in [-0.1, -0.05) is 24.3 Å². The van der Waals surface area contributed by atoms with Gasteiger partial charge in [0.1, 0.15) is 6.07 Å². The summed E-state index contributed by atoms with van der Waals surface area (Å²) in [6.45, 7) is 1.13. The first kappa shape index (κ1) is 11.7. The molecule has 0 saturated heterocycles. The van der Waals surface area contributed by atoms with Gasteiger partial charge in [-0.05, 0) is 30.9 Å². The van der Waals surface area contributed by atoms with E-state index in [0.717, 1.165) is 5.56 Å². The quantitative estimate of drug-likeness (QED) is 0.770.